The van der Waals surface area contributed by atoms with E-state index in [1.54, 1.807) is 6.07 Å². The molecular weight excluding hydrogens is 322 g/mol. The van der Waals surface area contributed by atoms with Gasteiger partial charge >= 0.3 is 0 Å². The molecule has 0 bridgehead atoms. The molecule has 20 heavy (non-hydrogen) atoms. The summed E-state index contributed by atoms with van der Waals surface area (Å²) in [5, 5.41) is 12.9. The number of hydrogen-bond donors (Lipinski definition) is 2. The van der Waals surface area contributed by atoms with E-state index in [9.17, 15) is 9.90 Å². The Kier molecular flexibility index (Phi) is 5.57. The first-order valence-corrected chi connectivity index (χ1v) is 7.68. The van der Waals surface area contributed by atoms with Crippen LogP contribution in [0.25, 0.3) is 0 Å². The number of amides is 1. The van der Waals surface area contributed by atoms with Crippen LogP contribution in [0.1, 0.15) is 28.8 Å². The van der Waals surface area contributed by atoms with Crippen LogP contribution in [-0.2, 0) is 4.74 Å². The Balaban J connectivity index is 1.89. The highest BCUT2D eigenvalue weighted by molar-refractivity contribution is 9.10. The Morgan fingerprint density at radius 2 is 2.20 bits per heavy atom. The molecule has 5 heteroatoms. The number of carbonyl (C=O) groups excluding carboxylic acids is 1. The molecule has 1 amide bonds. The number of benzene rings is 1. The van der Waals surface area contributed by atoms with Crippen LogP contribution in [0.3, 0.4) is 0 Å². The highest BCUT2D eigenvalue weighted by Crippen LogP contribution is 2.20. The quantitative estimate of drug-likeness (QED) is 0.883. The van der Waals surface area contributed by atoms with E-state index in [-0.39, 0.29) is 18.4 Å². The molecule has 1 heterocycles. The SMILES string of the molecule is Cc1c(Br)cccc1C(=O)NC[C@H](O)C1CCOCC1. The van der Waals surface area contributed by atoms with Crippen LogP contribution in [0.15, 0.2) is 22.7 Å². The molecule has 1 aliphatic heterocycles. The van der Waals surface area contributed by atoms with E-state index < -0.39 is 6.10 Å². The maximum atomic E-state index is 12.1. The molecule has 0 radical (unpaired) electrons. The predicted octanol–water partition coefficient (Wildman–Crippen LogP) is 2.27. The monoisotopic (exact) mass is 341 g/mol. The largest absolute Gasteiger partial charge is 0.391 e. The number of nitrogens with one attached hydrogen (secondary N) is 1. The molecule has 2 N–H and O–H groups in total. The highest BCUT2D eigenvalue weighted by atomic mass is 79.9. The van der Waals surface area contributed by atoms with Crippen molar-refractivity contribution >= 4 is 21.8 Å². The molecule has 1 aromatic carbocycles. The third kappa shape index (κ3) is 3.81. The number of halogens is 1. The zero-order valence-corrected chi connectivity index (χ0v) is 13.1. The molecule has 1 fully saturated rings. The molecule has 0 saturated carbocycles. The van der Waals surface area contributed by atoms with Gasteiger partial charge in [-0.1, -0.05) is 22.0 Å². The Labute approximate surface area is 127 Å². The fraction of sp³-hybridized carbons (Fsp3) is 0.533. The maximum absolute atomic E-state index is 12.1. The van der Waals surface area contributed by atoms with Crippen LogP contribution in [0, 0.1) is 12.8 Å². The summed E-state index contributed by atoms with van der Waals surface area (Å²) < 4.78 is 6.18. The van der Waals surface area contributed by atoms with Crippen LogP contribution in [0.4, 0.5) is 0 Å². The molecule has 0 unspecified atom stereocenters. The lowest BCUT2D eigenvalue weighted by Crippen LogP contribution is -2.38. The van der Waals surface area contributed by atoms with Gasteiger partial charge in [0.1, 0.15) is 0 Å². The smallest absolute Gasteiger partial charge is 0.251 e. The number of carbonyl (C=O) groups is 1. The molecule has 1 atom stereocenters. The molecule has 2 rings (SSSR count). The van der Waals surface area contributed by atoms with Crippen molar-refractivity contribution in [3.05, 3.63) is 33.8 Å². The Hall–Kier alpha value is -0.910. The summed E-state index contributed by atoms with van der Waals surface area (Å²) in [6.07, 6.45) is 1.20. The van der Waals surface area contributed by atoms with E-state index in [0.29, 0.717) is 18.8 Å². The number of rotatable bonds is 4. The average Bonchev–Trinajstić information content (AvgIpc) is 2.48. The molecular formula is C15H20BrNO3. The summed E-state index contributed by atoms with van der Waals surface area (Å²) in [4.78, 5) is 12.1. The average molecular weight is 342 g/mol. The van der Waals surface area contributed by atoms with Crippen LogP contribution in [0.5, 0.6) is 0 Å². The summed E-state index contributed by atoms with van der Waals surface area (Å²) in [7, 11) is 0. The van der Waals surface area contributed by atoms with Crippen LogP contribution in [0.2, 0.25) is 0 Å². The fourth-order valence-corrected chi connectivity index (χ4v) is 2.78. The van der Waals surface area contributed by atoms with Gasteiger partial charge in [0, 0.05) is 29.8 Å². The van der Waals surface area contributed by atoms with Crippen molar-refractivity contribution in [2.45, 2.75) is 25.9 Å². The standard InChI is InChI=1S/C15H20BrNO3/c1-10-12(3-2-4-13(10)16)15(19)17-9-14(18)11-5-7-20-8-6-11/h2-4,11,14,18H,5-9H2,1H3,(H,17,19)/t14-/m0/s1. The van der Waals surface area contributed by atoms with E-state index in [1.165, 1.54) is 0 Å². The van der Waals surface area contributed by atoms with E-state index >= 15 is 0 Å². The second-order valence-electron chi connectivity index (χ2n) is 5.14. The van der Waals surface area contributed by atoms with E-state index in [0.717, 1.165) is 22.9 Å². The second-order valence-corrected chi connectivity index (χ2v) is 5.99. The zero-order chi connectivity index (χ0) is 14.5. The third-order valence-electron chi connectivity index (χ3n) is 3.79. The lowest BCUT2D eigenvalue weighted by Gasteiger charge is -2.26. The van der Waals surface area contributed by atoms with Gasteiger partial charge in [-0.2, -0.15) is 0 Å². The minimum atomic E-state index is -0.504. The molecule has 0 aromatic heterocycles. The maximum Gasteiger partial charge on any atom is 0.251 e. The van der Waals surface area contributed by atoms with Crippen LogP contribution in [-0.4, -0.2) is 36.9 Å². The van der Waals surface area contributed by atoms with Crippen molar-refractivity contribution in [3.8, 4) is 0 Å². The zero-order valence-electron chi connectivity index (χ0n) is 11.6. The Morgan fingerprint density at radius 1 is 1.50 bits per heavy atom. The van der Waals surface area contributed by atoms with E-state index in [4.69, 9.17) is 4.74 Å². The molecule has 1 saturated heterocycles. The van der Waals surface area contributed by atoms with E-state index in [2.05, 4.69) is 21.2 Å². The minimum Gasteiger partial charge on any atom is -0.391 e. The van der Waals surface area contributed by atoms with Crippen LogP contribution >= 0.6 is 15.9 Å². The normalized spacial score (nSPS) is 17.8. The van der Waals surface area contributed by atoms with Crippen molar-refractivity contribution in [1.29, 1.82) is 0 Å². The van der Waals surface area contributed by atoms with Crippen molar-refractivity contribution in [1.82, 2.24) is 5.32 Å². The minimum absolute atomic E-state index is 0.144. The molecule has 1 aromatic rings. The molecule has 110 valence electrons. The summed E-state index contributed by atoms with van der Waals surface area (Å²) in [6, 6.07) is 5.53. The van der Waals surface area contributed by atoms with Gasteiger partial charge in [-0.25, -0.2) is 0 Å². The highest BCUT2D eigenvalue weighted by Gasteiger charge is 2.22. The molecule has 0 spiro atoms. The van der Waals surface area contributed by atoms with Gasteiger partial charge in [0.25, 0.3) is 5.91 Å². The Bertz CT molecular complexity index is 472. The first-order valence-electron chi connectivity index (χ1n) is 6.88. The van der Waals surface area contributed by atoms with Gasteiger partial charge < -0.3 is 15.2 Å². The van der Waals surface area contributed by atoms with Crippen molar-refractivity contribution in [3.63, 3.8) is 0 Å². The third-order valence-corrected chi connectivity index (χ3v) is 4.65. The second kappa shape index (κ2) is 7.20. The van der Waals surface area contributed by atoms with Gasteiger partial charge in [-0.05, 0) is 43.4 Å². The summed E-state index contributed by atoms with van der Waals surface area (Å²) in [5.74, 6) is 0.0718. The topological polar surface area (TPSA) is 58.6 Å². The van der Waals surface area contributed by atoms with Crippen LogP contribution < -0.4 is 5.32 Å². The van der Waals surface area contributed by atoms with Gasteiger partial charge in [-0.3, -0.25) is 4.79 Å². The first-order chi connectivity index (χ1) is 9.59. The summed E-state index contributed by atoms with van der Waals surface area (Å²) >= 11 is 3.41. The molecule has 4 nitrogen and oxygen atoms in total. The van der Waals surface area contributed by atoms with E-state index in [1.807, 2.05) is 19.1 Å². The molecule has 0 aliphatic carbocycles. The summed E-state index contributed by atoms with van der Waals surface area (Å²) in [6.45, 7) is 3.57. The van der Waals surface area contributed by atoms with Crippen molar-refractivity contribution < 1.29 is 14.6 Å². The summed E-state index contributed by atoms with van der Waals surface area (Å²) in [5.41, 5.74) is 1.55. The first kappa shape index (κ1) is 15.5. The van der Waals surface area contributed by atoms with Gasteiger partial charge in [-0.15, -0.1) is 0 Å². The predicted molar refractivity (Wildman–Crippen MR) is 80.8 cm³/mol. The van der Waals surface area contributed by atoms with Crippen molar-refractivity contribution in [2.75, 3.05) is 19.8 Å². The number of aliphatic hydroxyl groups is 1. The number of ether oxygens (including phenoxy) is 1. The van der Waals surface area contributed by atoms with Crippen molar-refractivity contribution in [2.24, 2.45) is 5.92 Å². The lowest BCUT2D eigenvalue weighted by atomic mass is 9.94. The fourth-order valence-electron chi connectivity index (χ4n) is 2.41. The lowest BCUT2D eigenvalue weighted by molar-refractivity contribution is 0.00872. The molecule has 1 aliphatic rings. The van der Waals surface area contributed by atoms with Gasteiger partial charge in [0.15, 0.2) is 0 Å². The number of hydrogen-bond acceptors (Lipinski definition) is 3. The number of aliphatic hydroxyl groups excluding tert-OH is 1. The van der Waals surface area contributed by atoms with Gasteiger partial charge in [0.2, 0.25) is 0 Å². The Morgan fingerprint density at radius 3 is 2.90 bits per heavy atom. The van der Waals surface area contributed by atoms with Gasteiger partial charge in [0.05, 0.1) is 6.10 Å².